The number of halogens is 2. The van der Waals surface area contributed by atoms with E-state index in [4.69, 9.17) is 0 Å². The quantitative estimate of drug-likeness (QED) is 0.701. The average Bonchev–Trinajstić information content (AvgIpc) is 2.46. The fourth-order valence-corrected chi connectivity index (χ4v) is 4.87. The summed E-state index contributed by atoms with van der Waals surface area (Å²) in [5, 5.41) is 1.20. The van der Waals surface area contributed by atoms with Crippen molar-refractivity contribution in [3.05, 3.63) is 72.3 Å². The van der Waals surface area contributed by atoms with Crippen LogP contribution in [0.3, 0.4) is 0 Å². The van der Waals surface area contributed by atoms with E-state index in [1.165, 1.54) is 5.19 Å². The Hall–Kier alpha value is -1.74. The molecule has 0 amide bonds. The maximum absolute atomic E-state index is 13.3. The van der Waals surface area contributed by atoms with Gasteiger partial charge in [0.2, 0.25) is 0 Å². The fourth-order valence-electron chi connectivity index (χ4n) is 2.35. The summed E-state index contributed by atoms with van der Waals surface area (Å²) in [5.74, 6) is 0. The molecule has 2 aromatic carbocycles. The van der Waals surface area contributed by atoms with Crippen molar-refractivity contribution < 1.29 is 8.78 Å². The van der Waals surface area contributed by atoms with Gasteiger partial charge in [0, 0.05) is 5.57 Å². The van der Waals surface area contributed by atoms with Crippen LogP contribution in [0.25, 0.3) is 5.57 Å². The largest absolute Gasteiger partial charge is 0.273 e. The van der Waals surface area contributed by atoms with Crippen LogP contribution in [0.2, 0.25) is 19.1 Å². The summed E-state index contributed by atoms with van der Waals surface area (Å²) in [7, 11) is -1.93. The molecule has 104 valence electrons. The number of benzene rings is 2. The lowest BCUT2D eigenvalue weighted by Crippen LogP contribution is -2.41. The first-order valence-corrected chi connectivity index (χ1v) is 9.86. The van der Waals surface area contributed by atoms with Crippen LogP contribution >= 0.6 is 0 Å². The van der Waals surface area contributed by atoms with E-state index in [9.17, 15) is 8.78 Å². The maximum atomic E-state index is 13.3. The van der Waals surface area contributed by atoms with Crippen LogP contribution in [-0.2, 0) is 0 Å². The molecule has 3 heteroatoms. The molecule has 0 nitrogen and oxygen atoms in total. The second-order valence-electron chi connectivity index (χ2n) is 5.53. The Labute approximate surface area is 119 Å². The number of hydrogen-bond acceptors (Lipinski definition) is 0. The summed E-state index contributed by atoms with van der Waals surface area (Å²) >= 11 is 0. The molecule has 0 spiro atoms. The molecule has 0 aliphatic carbocycles. The highest BCUT2D eigenvalue weighted by molar-refractivity contribution is 6.91. The lowest BCUT2D eigenvalue weighted by molar-refractivity contribution is 0.425. The van der Waals surface area contributed by atoms with E-state index >= 15 is 0 Å². The van der Waals surface area contributed by atoms with Crippen LogP contribution in [0.15, 0.2) is 66.7 Å². The van der Waals surface area contributed by atoms with Crippen molar-refractivity contribution in [2.45, 2.75) is 19.1 Å². The van der Waals surface area contributed by atoms with E-state index in [-0.39, 0.29) is 5.57 Å². The molecule has 20 heavy (non-hydrogen) atoms. The molecule has 0 unspecified atom stereocenters. The Morgan fingerprint density at radius 3 is 1.85 bits per heavy atom. The summed E-state index contributed by atoms with van der Waals surface area (Å²) in [6.45, 7) is 4.27. The molecule has 0 heterocycles. The number of rotatable bonds is 4. The first kappa shape index (κ1) is 14.7. The first-order chi connectivity index (χ1) is 9.50. The number of hydrogen-bond donors (Lipinski definition) is 0. The summed E-state index contributed by atoms with van der Waals surface area (Å²) < 4.78 is 26.7. The van der Waals surface area contributed by atoms with E-state index in [0.29, 0.717) is 11.6 Å². The summed E-state index contributed by atoms with van der Waals surface area (Å²) in [6.07, 6.45) is -1.56. The van der Waals surface area contributed by atoms with Crippen molar-refractivity contribution in [1.29, 1.82) is 0 Å². The monoisotopic (exact) mass is 288 g/mol. The molecule has 2 aromatic rings. The van der Waals surface area contributed by atoms with Crippen molar-refractivity contribution in [3.63, 3.8) is 0 Å². The molecule has 0 saturated carbocycles. The van der Waals surface area contributed by atoms with Crippen LogP contribution in [-0.4, -0.2) is 8.07 Å². The molecule has 0 atom stereocenters. The van der Waals surface area contributed by atoms with Crippen LogP contribution in [0.1, 0.15) is 5.56 Å². The molecule has 0 bridgehead atoms. The maximum Gasteiger partial charge on any atom is 0.273 e. The normalized spacial score (nSPS) is 11.2. The van der Waals surface area contributed by atoms with Gasteiger partial charge in [0.1, 0.15) is 0 Å². The van der Waals surface area contributed by atoms with E-state index in [1.807, 2.05) is 36.4 Å². The minimum absolute atomic E-state index is 0.186. The highest BCUT2D eigenvalue weighted by atomic mass is 28.3. The minimum Gasteiger partial charge on any atom is -0.173 e. The number of allylic oxidation sites excluding steroid dienone is 1. The molecular weight excluding hydrogens is 270 g/mol. The lowest BCUT2D eigenvalue weighted by atomic mass is 10.1. The summed E-state index contributed by atoms with van der Waals surface area (Å²) in [6, 6.07) is 19.4. The second-order valence-corrected chi connectivity index (χ2v) is 10.2. The van der Waals surface area contributed by atoms with Gasteiger partial charge in [-0.3, -0.25) is 0 Å². The zero-order chi connectivity index (χ0) is 14.6. The van der Waals surface area contributed by atoms with Crippen LogP contribution < -0.4 is 5.19 Å². The smallest absolute Gasteiger partial charge is 0.173 e. The molecule has 2 rings (SSSR count). The van der Waals surface area contributed by atoms with Crippen LogP contribution in [0.4, 0.5) is 8.78 Å². The molecule has 0 aromatic heterocycles. The third kappa shape index (κ3) is 3.42. The van der Waals surface area contributed by atoms with Gasteiger partial charge in [-0.1, -0.05) is 78.9 Å². The van der Waals surface area contributed by atoms with Gasteiger partial charge in [0.05, 0.1) is 8.07 Å². The third-order valence-corrected chi connectivity index (χ3v) is 6.66. The Morgan fingerprint density at radius 1 is 0.850 bits per heavy atom. The highest BCUT2D eigenvalue weighted by Gasteiger charge is 2.27. The molecule has 0 fully saturated rings. The van der Waals surface area contributed by atoms with Gasteiger partial charge >= 0.3 is 0 Å². The first-order valence-electron chi connectivity index (χ1n) is 6.66. The average molecular weight is 288 g/mol. The molecular formula is C17H18F2Si. The Kier molecular flexibility index (Phi) is 4.50. The zero-order valence-electron chi connectivity index (χ0n) is 11.7. The van der Waals surface area contributed by atoms with Gasteiger partial charge in [-0.25, -0.2) is 0 Å². The lowest BCUT2D eigenvalue weighted by Gasteiger charge is -2.24. The van der Waals surface area contributed by atoms with Gasteiger partial charge in [0.15, 0.2) is 0 Å². The van der Waals surface area contributed by atoms with Gasteiger partial charge in [-0.05, 0) is 11.6 Å². The predicted molar refractivity (Wildman–Crippen MR) is 83.9 cm³/mol. The highest BCUT2D eigenvalue weighted by Crippen LogP contribution is 2.29. The zero-order valence-corrected chi connectivity index (χ0v) is 12.7. The van der Waals surface area contributed by atoms with E-state index in [2.05, 4.69) is 13.1 Å². The van der Waals surface area contributed by atoms with Crippen molar-refractivity contribution in [2.24, 2.45) is 0 Å². The van der Waals surface area contributed by atoms with Gasteiger partial charge in [0.25, 0.3) is 6.08 Å². The fraction of sp³-hybridized carbons (Fsp3) is 0.176. The predicted octanol–water partition coefficient (Wildman–Crippen LogP) is 4.91. The van der Waals surface area contributed by atoms with Crippen molar-refractivity contribution in [3.8, 4) is 0 Å². The Bertz CT molecular complexity index is 585. The molecule has 0 aliphatic heterocycles. The Morgan fingerprint density at radius 2 is 1.35 bits per heavy atom. The van der Waals surface area contributed by atoms with Gasteiger partial charge in [-0.15, -0.1) is 0 Å². The summed E-state index contributed by atoms with van der Waals surface area (Å²) in [5.41, 5.74) is 0.815. The van der Waals surface area contributed by atoms with Gasteiger partial charge < -0.3 is 0 Å². The van der Waals surface area contributed by atoms with Crippen molar-refractivity contribution in [2.75, 3.05) is 0 Å². The third-order valence-electron chi connectivity index (χ3n) is 3.52. The standard InChI is InChI=1S/C17H18F2Si/c1-20(2,15-11-7-4-8-12-15)13-16(17(18)19)14-9-5-3-6-10-14/h3-12H,13H2,1-2H3. The van der Waals surface area contributed by atoms with Crippen LogP contribution in [0.5, 0.6) is 0 Å². The van der Waals surface area contributed by atoms with Crippen molar-refractivity contribution >= 4 is 18.8 Å². The topological polar surface area (TPSA) is 0 Å². The van der Waals surface area contributed by atoms with E-state index in [0.717, 1.165) is 0 Å². The van der Waals surface area contributed by atoms with Crippen LogP contribution in [0, 0.1) is 0 Å². The second kappa shape index (κ2) is 6.14. The molecule has 0 N–H and O–H groups in total. The minimum atomic E-state index is -1.93. The molecule has 0 saturated heterocycles. The SMILES string of the molecule is C[Si](C)(CC(=C(F)F)c1ccccc1)c1ccccc1. The van der Waals surface area contributed by atoms with E-state index in [1.54, 1.807) is 24.3 Å². The van der Waals surface area contributed by atoms with Crippen molar-refractivity contribution in [1.82, 2.24) is 0 Å². The summed E-state index contributed by atoms with van der Waals surface area (Å²) in [4.78, 5) is 0. The molecule has 0 aliphatic rings. The van der Waals surface area contributed by atoms with Gasteiger partial charge in [-0.2, -0.15) is 8.78 Å². The molecule has 0 radical (unpaired) electrons. The van der Waals surface area contributed by atoms with E-state index < -0.39 is 14.2 Å². The Balaban J connectivity index is 2.33.